The first kappa shape index (κ1) is 15.7. The number of ether oxygens (including phenoxy) is 1. The van der Waals surface area contributed by atoms with Crippen molar-refractivity contribution in [3.63, 3.8) is 0 Å². The summed E-state index contributed by atoms with van der Waals surface area (Å²) in [4.78, 5) is 25.6. The summed E-state index contributed by atoms with van der Waals surface area (Å²) in [6, 6.07) is -0.310. The van der Waals surface area contributed by atoms with Crippen molar-refractivity contribution >= 4 is 12.0 Å². The molecule has 0 aliphatic heterocycles. The lowest BCUT2D eigenvalue weighted by molar-refractivity contribution is -0.148. The average molecular weight is 247 g/mol. The Kier molecular flexibility index (Phi) is 7.24. The third-order valence-corrected chi connectivity index (χ3v) is 2.23. The molecule has 2 amide bonds. The Hall–Kier alpha value is -1.34. The van der Waals surface area contributed by atoms with Crippen LogP contribution in [-0.4, -0.2) is 80.9 Å². The molecule has 0 saturated carbocycles. The average Bonchev–Trinajstić information content (AvgIpc) is 2.25. The Morgan fingerprint density at radius 1 is 1.29 bits per heavy atom. The Bertz CT molecular complexity index is 258. The molecule has 0 rings (SSSR count). The van der Waals surface area contributed by atoms with Gasteiger partial charge in [0, 0.05) is 27.2 Å². The molecule has 7 nitrogen and oxygen atoms in total. The summed E-state index contributed by atoms with van der Waals surface area (Å²) in [6.45, 7) is 1.27. The molecule has 0 spiro atoms. The molecular formula is C10H21N3O4. The summed E-state index contributed by atoms with van der Waals surface area (Å²) < 4.78 is 4.70. The maximum absolute atomic E-state index is 11.5. The minimum absolute atomic E-state index is 0.0447. The zero-order valence-electron chi connectivity index (χ0n) is 10.8. The summed E-state index contributed by atoms with van der Waals surface area (Å²) in [7, 11) is 6.77. The highest BCUT2D eigenvalue weighted by Gasteiger charge is 2.18. The number of hydrogen-bond acceptors (Lipinski definition) is 4. The molecule has 1 atom stereocenters. The predicted molar refractivity (Wildman–Crippen MR) is 63.0 cm³/mol. The lowest BCUT2D eigenvalue weighted by Crippen LogP contribution is -2.45. The number of nitrogens with one attached hydrogen (secondary N) is 1. The van der Waals surface area contributed by atoms with Gasteiger partial charge in [0.1, 0.15) is 0 Å². The number of carbonyl (C=O) groups excluding carboxylic acids is 1. The van der Waals surface area contributed by atoms with Gasteiger partial charge >= 0.3 is 12.0 Å². The normalized spacial score (nSPS) is 12.3. The minimum Gasteiger partial charge on any atom is -0.479 e. The van der Waals surface area contributed by atoms with Gasteiger partial charge in [-0.15, -0.1) is 0 Å². The number of methoxy groups -OCH3 is 1. The fraction of sp³-hybridized carbons (Fsp3) is 0.800. The highest BCUT2D eigenvalue weighted by atomic mass is 16.5. The van der Waals surface area contributed by atoms with Crippen LogP contribution in [0.1, 0.15) is 0 Å². The number of hydrogen-bond donors (Lipinski definition) is 2. The van der Waals surface area contributed by atoms with Crippen LogP contribution in [0.25, 0.3) is 0 Å². The highest BCUT2D eigenvalue weighted by molar-refractivity contribution is 5.76. The van der Waals surface area contributed by atoms with E-state index in [0.717, 1.165) is 6.54 Å². The molecule has 0 aromatic carbocycles. The van der Waals surface area contributed by atoms with E-state index in [0.29, 0.717) is 6.54 Å². The van der Waals surface area contributed by atoms with Crippen molar-refractivity contribution in [1.29, 1.82) is 0 Å². The second kappa shape index (κ2) is 7.86. The molecule has 0 aliphatic carbocycles. The van der Waals surface area contributed by atoms with E-state index in [4.69, 9.17) is 9.84 Å². The highest BCUT2D eigenvalue weighted by Crippen LogP contribution is 1.90. The van der Waals surface area contributed by atoms with Crippen LogP contribution >= 0.6 is 0 Å². The lowest BCUT2D eigenvalue weighted by Gasteiger charge is -2.21. The molecule has 0 aliphatic rings. The monoisotopic (exact) mass is 247 g/mol. The molecule has 0 aromatic rings. The fourth-order valence-electron chi connectivity index (χ4n) is 1.04. The van der Waals surface area contributed by atoms with Crippen LogP contribution in [0.2, 0.25) is 0 Å². The van der Waals surface area contributed by atoms with E-state index in [1.165, 1.54) is 12.0 Å². The van der Waals surface area contributed by atoms with E-state index in [1.54, 1.807) is 7.05 Å². The van der Waals surface area contributed by atoms with E-state index in [2.05, 4.69) is 5.32 Å². The van der Waals surface area contributed by atoms with Gasteiger partial charge in [-0.05, 0) is 14.1 Å². The topological polar surface area (TPSA) is 82.1 Å². The number of carbonyl (C=O) groups is 2. The van der Waals surface area contributed by atoms with Crippen molar-refractivity contribution in [2.45, 2.75) is 6.10 Å². The van der Waals surface area contributed by atoms with Crippen molar-refractivity contribution in [2.75, 3.05) is 47.9 Å². The van der Waals surface area contributed by atoms with Crippen molar-refractivity contribution in [2.24, 2.45) is 0 Å². The third kappa shape index (κ3) is 6.75. The van der Waals surface area contributed by atoms with E-state index >= 15 is 0 Å². The summed E-state index contributed by atoms with van der Waals surface area (Å²) in [5.41, 5.74) is 0. The molecule has 0 heterocycles. The zero-order valence-corrected chi connectivity index (χ0v) is 10.8. The van der Waals surface area contributed by atoms with Gasteiger partial charge in [0.15, 0.2) is 6.10 Å². The molecule has 17 heavy (non-hydrogen) atoms. The Balaban J connectivity index is 3.95. The first-order valence-electron chi connectivity index (χ1n) is 5.27. The first-order valence-corrected chi connectivity index (χ1v) is 5.27. The molecule has 7 heteroatoms. The standard InChI is InChI=1S/C10H21N3O4/c1-12(2)5-6-13(3)10(16)11-7-8(17-4)9(14)15/h8H,5-7H2,1-4H3,(H,11,16)(H,14,15). The minimum atomic E-state index is -1.09. The number of rotatable bonds is 7. The van der Waals surface area contributed by atoms with Gasteiger partial charge in [-0.1, -0.05) is 0 Å². The fourth-order valence-corrected chi connectivity index (χ4v) is 1.04. The van der Waals surface area contributed by atoms with E-state index < -0.39 is 12.1 Å². The van der Waals surface area contributed by atoms with Crippen molar-refractivity contribution in [3.8, 4) is 0 Å². The number of urea groups is 1. The number of carboxylic acid groups (broad SMARTS) is 1. The smallest absolute Gasteiger partial charge is 0.334 e. The summed E-state index contributed by atoms with van der Waals surface area (Å²) in [5.74, 6) is -1.09. The summed E-state index contributed by atoms with van der Waals surface area (Å²) in [6.07, 6.45) is -1.01. The molecular weight excluding hydrogens is 226 g/mol. The SMILES string of the molecule is COC(CNC(=O)N(C)CCN(C)C)C(=O)O. The Morgan fingerprint density at radius 2 is 1.88 bits per heavy atom. The first-order chi connectivity index (χ1) is 7.88. The number of amides is 2. The quantitative estimate of drug-likeness (QED) is 0.621. The molecule has 0 radical (unpaired) electrons. The molecule has 100 valence electrons. The van der Waals surface area contributed by atoms with Gasteiger partial charge in [0.05, 0.1) is 6.54 Å². The largest absolute Gasteiger partial charge is 0.479 e. The Morgan fingerprint density at radius 3 is 2.29 bits per heavy atom. The van der Waals surface area contributed by atoms with Gasteiger partial charge in [-0.2, -0.15) is 0 Å². The second-order valence-corrected chi connectivity index (χ2v) is 3.97. The molecule has 0 aromatic heterocycles. The summed E-state index contributed by atoms with van der Waals surface area (Å²) in [5, 5.41) is 11.2. The van der Waals surface area contributed by atoms with Gasteiger partial charge in [-0.25, -0.2) is 9.59 Å². The molecule has 0 saturated heterocycles. The van der Waals surface area contributed by atoms with Crippen LogP contribution in [0.15, 0.2) is 0 Å². The van der Waals surface area contributed by atoms with Crippen LogP contribution in [0.3, 0.4) is 0 Å². The van der Waals surface area contributed by atoms with E-state index in [-0.39, 0.29) is 12.6 Å². The van der Waals surface area contributed by atoms with Gasteiger partial charge in [-0.3, -0.25) is 0 Å². The van der Waals surface area contributed by atoms with E-state index in [1.807, 2.05) is 19.0 Å². The van der Waals surface area contributed by atoms with Crippen LogP contribution in [0, 0.1) is 0 Å². The lowest BCUT2D eigenvalue weighted by atomic mass is 10.3. The van der Waals surface area contributed by atoms with Crippen LogP contribution in [-0.2, 0) is 9.53 Å². The van der Waals surface area contributed by atoms with Crippen molar-refractivity contribution in [3.05, 3.63) is 0 Å². The van der Waals surface area contributed by atoms with Gasteiger partial charge in [0.25, 0.3) is 0 Å². The second-order valence-electron chi connectivity index (χ2n) is 3.97. The Labute approximate surface area is 101 Å². The predicted octanol–water partition coefficient (Wildman–Crippen LogP) is -0.711. The van der Waals surface area contributed by atoms with Crippen molar-refractivity contribution < 1.29 is 19.4 Å². The maximum Gasteiger partial charge on any atom is 0.334 e. The molecule has 0 bridgehead atoms. The van der Waals surface area contributed by atoms with Crippen LogP contribution in [0.4, 0.5) is 4.79 Å². The number of likely N-dealkylation sites (N-methyl/N-ethyl adjacent to an activating group) is 2. The molecule has 2 N–H and O–H groups in total. The van der Waals surface area contributed by atoms with Gasteiger partial charge < -0.3 is 25.0 Å². The van der Waals surface area contributed by atoms with E-state index in [9.17, 15) is 9.59 Å². The summed E-state index contributed by atoms with van der Waals surface area (Å²) >= 11 is 0. The number of nitrogens with zero attached hydrogens (tertiary/aromatic N) is 2. The van der Waals surface area contributed by atoms with Crippen LogP contribution in [0.5, 0.6) is 0 Å². The number of aliphatic carboxylic acids is 1. The maximum atomic E-state index is 11.5. The third-order valence-electron chi connectivity index (χ3n) is 2.23. The number of carboxylic acids is 1. The van der Waals surface area contributed by atoms with Crippen LogP contribution < -0.4 is 5.32 Å². The zero-order chi connectivity index (χ0) is 13.4. The molecule has 0 fully saturated rings. The van der Waals surface area contributed by atoms with Crippen molar-refractivity contribution in [1.82, 2.24) is 15.1 Å². The molecule has 1 unspecified atom stereocenters. The van der Waals surface area contributed by atoms with Gasteiger partial charge in [0.2, 0.25) is 0 Å².